The Bertz CT molecular complexity index is 1180. The van der Waals surface area contributed by atoms with Gasteiger partial charge in [0.1, 0.15) is 19.0 Å². The number of hydrogen-bond donors (Lipinski definition) is 2. The number of amides is 2. The predicted molar refractivity (Wildman–Crippen MR) is 102 cm³/mol. The maximum atomic E-state index is 13.1. The van der Waals surface area contributed by atoms with E-state index in [1.54, 1.807) is 6.07 Å². The second-order valence-electron chi connectivity index (χ2n) is 6.21. The van der Waals surface area contributed by atoms with Gasteiger partial charge in [-0.05, 0) is 48.5 Å². The molecule has 0 fully saturated rings. The Labute approximate surface area is 169 Å². The lowest BCUT2D eigenvalue weighted by molar-refractivity contribution is 0.0842. The standard InChI is InChI=1S/C20H15FN4O5/c21-13-2-4-14(5-3-13)25-18(26)8-6-15(24-25)20(28)23-22-19(27)12-1-7-16-17(11-12)30-10-9-29-16/h1-8,11H,9-10H2,(H,22,27)(H,23,28). The van der Waals surface area contributed by atoms with Crippen molar-refractivity contribution in [2.75, 3.05) is 13.2 Å². The summed E-state index contributed by atoms with van der Waals surface area (Å²) in [5.41, 5.74) is 4.43. The van der Waals surface area contributed by atoms with Crippen LogP contribution >= 0.6 is 0 Å². The molecule has 2 amide bonds. The Morgan fingerprint density at radius 1 is 0.900 bits per heavy atom. The normalized spacial score (nSPS) is 12.2. The molecule has 0 bridgehead atoms. The summed E-state index contributed by atoms with van der Waals surface area (Å²) in [6.45, 7) is 0.811. The van der Waals surface area contributed by atoms with E-state index in [2.05, 4.69) is 16.0 Å². The van der Waals surface area contributed by atoms with Crippen molar-refractivity contribution in [2.24, 2.45) is 0 Å². The van der Waals surface area contributed by atoms with Crippen molar-refractivity contribution in [3.8, 4) is 17.2 Å². The number of benzene rings is 2. The van der Waals surface area contributed by atoms with Gasteiger partial charge in [-0.15, -0.1) is 0 Å². The number of nitrogens with zero attached hydrogens (tertiary/aromatic N) is 2. The highest BCUT2D eigenvalue weighted by atomic mass is 19.1. The lowest BCUT2D eigenvalue weighted by atomic mass is 10.2. The van der Waals surface area contributed by atoms with Crippen LogP contribution in [0.15, 0.2) is 59.4 Å². The van der Waals surface area contributed by atoms with Gasteiger partial charge in [-0.25, -0.2) is 4.39 Å². The van der Waals surface area contributed by atoms with Crippen molar-refractivity contribution in [1.82, 2.24) is 20.6 Å². The van der Waals surface area contributed by atoms with E-state index in [1.807, 2.05) is 0 Å². The average molecular weight is 410 g/mol. The lowest BCUT2D eigenvalue weighted by Crippen LogP contribution is -2.42. The van der Waals surface area contributed by atoms with Gasteiger partial charge < -0.3 is 9.47 Å². The molecule has 30 heavy (non-hydrogen) atoms. The quantitative estimate of drug-likeness (QED) is 0.628. The van der Waals surface area contributed by atoms with Gasteiger partial charge in [0.05, 0.1) is 5.69 Å². The van der Waals surface area contributed by atoms with Crippen molar-refractivity contribution in [3.63, 3.8) is 0 Å². The molecular formula is C20H15FN4O5. The zero-order chi connectivity index (χ0) is 21.1. The van der Waals surface area contributed by atoms with Gasteiger partial charge >= 0.3 is 0 Å². The summed E-state index contributed by atoms with van der Waals surface area (Å²) in [4.78, 5) is 36.7. The summed E-state index contributed by atoms with van der Waals surface area (Å²) < 4.78 is 24.9. The number of carbonyl (C=O) groups is 2. The van der Waals surface area contributed by atoms with E-state index in [-0.39, 0.29) is 16.9 Å². The Morgan fingerprint density at radius 3 is 2.37 bits per heavy atom. The van der Waals surface area contributed by atoms with Crippen LogP contribution in [0.4, 0.5) is 4.39 Å². The van der Waals surface area contributed by atoms with Crippen molar-refractivity contribution < 1.29 is 23.5 Å². The number of hydrazine groups is 1. The van der Waals surface area contributed by atoms with Crippen LogP contribution in [0, 0.1) is 5.82 Å². The highest BCUT2D eigenvalue weighted by Crippen LogP contribution is 2.30. The molecule has 0 saturated heterocycles. The average Bonchev–Trinajstić information content (AvgIpc) is 2.78. The van der Waals surface area contributed by atoms with Crippen LogP contribution in [0.25, 0.3) is 5.69 Å². The largest absolute Gasteiger partial charge is 0.486 e. The molecule has 0 aliphatic carbocycles. The SMILES string of the molecule is O=C(NNC(=O)c1ccc(=O)n(-c2ccc(F)cc2)n1)c1ccc2c(c1)OCCO2. The topological polar surface area (TPSA) is 112 Å². The second kappa shape index (κ2) is 8.03. The number of hydrogen-bond acceptors (Lipinski definition) is 6. The first-order chi connectivity index (χ1) is 14.5. The first kappa shape index (κ1) is 19.1. The number of aromatic nitrogens is 2. The molecule has 10 heteroatoms. The first-order valence-corrected chi connectivity index (χ1v) is 8.88. The summed E-state index contributed by atoms with van der Waals surface area (Å²) in [7, 11) is 0. The molecule has 3 aromatic rings. The molecule has 0 atom stereocenters. The molecule has 0 unspecified atom stereocenters. The Kier molecular flexibility index (Phi) is 5.12. The Balaban J connectivity index is 1.46. The third kappa shape index (κ3) is 3.97. The van der Waals surface area contributed by atoms with Gasteiger partial charge in [-0.2, -0.15) is 9.78 Å². The van der Waals surface area contributed by atoms with Crippen molar-refractivity contribution in [2.45, 2.75) is 0 Å². The van der Waals surface area contributed by atoms with Crippen LogP contribution < -0.4 is 25.9 Å². The van der Waals surface area contributed by atoms with Crippen LogP contribution in [0.1, 0.15) is 20.8 Å². The van der Waals surface area contributed by atoms with Gasteiger partial charge in [0.15, 0.2) is 17.2 Å². The molecular weight excluding hydrogens is 395 g/mol. The third-order valence-corrected chi connectivity index (χ3v) is 4.20. The van der Waals surface area contributed by atoms with E-state index in [0.29, 0.717) is 24.7 Å². The van der Waals surface area contributed by atoms with Crippen molar-refractivity contribution >= 4 is 11.8 Å². The van der Waals surface area contributed by atoms with E-state index < -0.39 is 23.2 Å². The molecule has 2 N–H and O–H groups in total. The minimum atomic E-state index is -0.739. The third-order valence-electron chi connectivity index (χ3n) is 4.20. The lowest BCUT2D eigenvalue weighted by Gasteiger charge is -2.18. The Morgan fingerprint density at radius 2 is 1.60 bits per heavy atom. The van der Waals surface area contributed by atoms with Gasteiger partial charge in [0.2, 0.25) is 0 Å². The molecule has 2 heterocycles. The van der Waals surface area contributed by atoms with Crippen LogP contribution in [0.5, 0.6) is 11.5 Å². The second-order valence-corrected chi connectivity index (χ2v) is 6.21. The number of ether oxygens (including phenoxy) is 2. The smallest absolute Gasteiger partial charge is 0.290 e. The molecule has 1 aliphatic heterocycles. The maximum Gasteiger partial charge on any atom is 0.290 e. The van der Waals surface area contributed by atoms with Crippen LogP contribution in [-0.4, -0.2) is 34.8 Å². The van der Waals surface area contributed by atoms with E-state index in [0.717, 1.165) is 10.7 Å². The zero-order valence-electron chi connectivity index (χ0n) is 15.4. The number of nitrogens with one attached hydrogen (secondary N) is 2. The van der Waals surface area contributed by atoms with E-state index >= 15 is 0 Å². The monoisotopic (exact) mass is 410 g/mol. The molecule has 1 aromatic heterocycles. The molecule has 9 nitrogen and oxygen atoms in total. The summed E-state index contributed by atoms with van der Waals surface area (Å²) in [5, 5.41) is 3.96. The fourth-order valence-electron chi connectivity index (χ4n) is 2.73. The van der Waals surface area contributed by atoms with Gasteiger partial charge in [0, 0.05) is 11.6 Å². The summed E-state index contributed by atoms with van der Waals surface area (Å²) in [5.74, 6) is -0.811. The Hall–Kier alpha value is -4.21. The minimum Gasteiger partial charge on any atom is -0.486 e. The van der Waals surface area contributed by atoms with E-state index in [9.17, 15) is 18.8 Å². The fraction of sp³-hybridized carbons (Fsp3) is 0.100. The van der Waals surface area contributed by atoms with E-state index in [4.69, 9.17) is 9.47 Å². The molecule has 2 aromatic carbocycles. The number of rotatable bonds is 3. The van der Waals surface area contributed by atoms with Crippen molar-refractivity contribution in [3.05, 3.63) is 82.0 Å². The van der Waals surface area contributed by atoms with Crippen LogP contribution in [0.2, 0.25) is 0 Å². The molecule has 4 rings (SSSR count). The predicted octanol–water partition coefficient (Wildman–Crippen LogP) is 1.22. The molecule has 1 aliphatic rings. The number of fused-ring (bicyclic) bond motifs is 1. The minimum absolute atomic E-state index is 0.124. The van der Waals surface area contributed by atoms with Gasteiger partial charge in [-0.1, -0.05) is 0 Å². The van der Waals surface area contributed by atoms with E-state index in [1.165, 1.54) is 42.5 Å². The fourth-order valence-corrected chi connectivity index (χ4v) is 2.73. The molecule has 0 radical (unpaired) electrons. The summed E-state index contributed by atoms with van der Waals surface area (Å²) in [6, 6.07) is 12.1. The zero-order valence-corrected chi connectivity index (χ0v) is 15.4. The maximum absolute atomic E-state index is 13.1. The van der Waals surface area contributed by atoms with Gasteiger partial charge in [-0.3, -0.25) is 25.2 Å². The highest BCUT2D eigenvalue weighted by molar-refractivity contribution is 5.98. The van der Waals surface area contributed by atoms with Crippen LogP contribution in [-0.2, 0) is 0 Å². The summed E-state index contributed by atoms with van der Waals surface area (Å²) >= 11 is 0. The summed E-state index contributed by atoms with van der Waals surface area (Å²) in [6.07, 6.45) is 0. The molecule has 0 saturated carbocycles. The molecule has 152 valence electrons. The van der Waals surface area contributed by atoms with Crippen LogP contribution in [0.3, 0.4) is 0 Å². The highest BCUT2D eigenvalue weighted by Gasteiger charge is 2.16. The van der Waals surface area contributed by atoms with Gasteiger partial charge in [0.25, 0.3) is 17.4 Å². The van der Waals surface area contributed by atoms with Crippen molar-refractivity contribution in [1.29, 1.82) is 0 Å². The molecule has 0 spiro atoms. The number of carbonyl (C=O) groups excluding carboxylic acids is 2. The first-order valence-electron chi connectivity index (χ1n) is 8.88. The number of halogens is 1.